The van der Waals surface area contributed by atoms with Crippen LogP contribution in [0.1, 0.15) is 46.0 Å². The fraction of sp³-hybridized carbons (Fsp3) is 0.857. The molecule has 0 aromatic rings. The second kappa shape index (κ2) is 13.5. The Labute approximate surface area is 116 Å². The van der Waals surface area contributed by atoms with Gasteiger partial charge in [-0.3, -0.25) is 9.59 Å². The van der Waals surface area contributed by atoms with Gasteiger partial charge in [-0.1, -0.05) is 13.8 Å². The third-order valence-corrected chi connectivity index (χ3v) is 2.53. The largest absolute Gasteiger partial charge is 0.379 e. The first-order chi connectivity index (χ1) is 9.20. The summed E-state index contributed by atoms with van der Waals surface area (Å²) in [6, 6.07) is 0. The second-order valence-corrected chi connectivity index (χ2v) is 4.32. The molecule has 0 fully saturated rings. The SMILES string of the molecule is CCCC(=O)CCCOCCOCCNC(=O)CC. The first-order valence-corrected chi connectivity index (χ1v) is 7.14. The van der Waals surface area contributed by atoms with Crippen LogP contribution in [0.15, 0.2) is 0 Å². The smallest absolute Gasteiger partial charge is 0.219 e. The number of amides is 1. The number of Topliss-reactive ketones (excluding diaryl/α,β-unsaturated/α-hetero) is 1. The molecule has 0 atom stereocenters. The first-order valence-electron chi connectivity index (χ1n) is 7.14. The van der Waals surface area contributed by atoms with Crippen LogP contribution in [0.25, 0.3) is 0 Å². The van der Waals surface area contributed by atoms with Crippen LogP contribution in [0.4, 0.5) is 0 Å². The number of carbonyl (C=O) groups is 2. The molecule has 0 unspecified atom stereocenters. The molecule has 5 nitrogen and oxygen atoms in total. The van der Waals surface area contributed by atoms with Gasteiger partial charge in [0.2, 0.25) is 5.91 Å². The number of nitrogens with one attached hydrogen (secondary N) is 1. The van der Waals surface area contributed by atoms with Crippen molar-refractivity contribution in [1.82, 2.24) is 5.32 Å². The van der Waals surface area contributed by atoms with Gasteiger partial charge >= 0.3 is 0 Å². The number of hydrogen-bond acceptors (Lipinski definition) is 4. The van der Waals surface area contributed by atoms with Crippen molar-refractivity contribution in [3.05, 3.63) is 0 Å². The Morgan fingerprint density at radius 3 is 2.26 bits per heavy atom. The third-order valence-electron chi connectivity index (χ3n) is 2.53. The van der Waals surface area contributed by atoms with Crippen LogP contribution in [0.3, 0.4) is 0 Å². The lowest BCUT2D eigenvalue weighted by Crippen LogP contribution is -2.26. The van der Waals surface area contributed by atoms with Crippen molar-refractivity contribution in [1.29, 1.82) is 0 Å². The maximum Gasteiger partial charge on any atom is 0.219 e. The molecule has 0 heterocycles. The highest BCUT2D eigenvalue weighted by Crippen LogP contribution is 1.98. The van der Waals surface area contributed by atoms with E-state index in [-0.39, 0.29) is 5.91 Å². The van der Waals surface area contributed by atoms with Crippen LogP contribution in [-0.2, 0) is 19.1 Å². The average Bonchev–Trinajstić information content (AvgIpc) is 2.40. The lowest BCUT2D eigenvalue weighted by atomic mass is 10.1. The number of carbonyl (C=O) groups excluding carboxylic acids is 2. The Kier molecular flexibility index (Phi) is 12.8. The highest BCUT2D eigenvalue weighted by Gasteiger charge is 1.99. The molecule has 0 saturated heterocycles. The summed E-state index contributed by atoms with van der Waals surface area (Å²) in [6.45, 7) is 6.52. The molecule has 0 rings (SSSR count). The Morgan fingerprint density at radius 2 is 1.63 bits per heavy atom. The topological polar surface area (TPSA) is 64.6 Å². The van der Waals surface area contributed by atoms with Crippen molar-refractivity contribution in [3.8, 4) is 0 Å². The molecular formula is C14H27NO4. The predicted octanol–water partition coefficient (Wildman–Crippen LogP) is 1.70. The molecule has 0 aliphatic carbocycles. The molecule has 0 spiro atoms. The van der Waals surface area contributed by atoms with E-state index in [1.165, 1.54) is 0 Å². The van der Waals surface area contributed by atoms with Gasteiger partial charge in [-0.2, -0.15) is 0 Å². The van der Waals surface area contributed by atoms with Crippen molar-refractivity contribution in [3.63, 3.8) is 0 Å². The van der Waals surface area contributed by atoms with Gasteiger partial charge in [0.25, 0.3) is 0 Å². The average molecular weight is 273 g/mol. The Balaban J connectivity index is 3.11. The number of ether oxygens (including phenoxy) is 2. The zero-order chi connectivity index (χ0) is 14.3. The fourth-order valence-corrected chi connectivity index (χ4v) is 1.48. The molecule has 0 aromatic heterocycles. The number of hydrogen-bond donors (Lipinski definition) is 1. The van der Waals surface area contributed by atoms with Gasteiger partial charge in [0.1, 0.15) is 5.78 Å². The van der Waals surface area contributed by atoms with E-state index in [1.54, 1.807) is 0 Å². The summed E-state index contributed by atoms with van der Waals surface area (Å²) in [7, 11) is 0. The monoisotopic (exact) mass is 273 g/mol. The highest BCUT2D eigenvalue weighted by molar-refractivity contribution is 5.78. The zero-order valence-electron chi connectivity index (χ0n) is 12.2. The van der Waals surface area contributed by atoms with Crippen molar-refractivity contribution in [2.45, 2.75) is 46.0 Å². The van der Waals surface area contributed by atoms with Crippen LogP contribution >= 0.6 is 0 Å². The normalized spacial score (nSPS) is 10.4. The molecule has 19 heavy (non-hydrogen) atoms. The van der Waals surface area contributed by atoms with Crippen LogP contribution in [0.5, 0.6) is 0 Å². The molecule has 0 saturated carbocycles. The lowest BCUT2D eigenvalue weighted by molar-refractivity contribution is -0.121. The number of rotatable bonds is 13. The van der Waals surface area contributed by atoms with Crippen LogP contribution in [-0.4, -0.2) is 44.7 Å². The van der Waals surface area contributed by atoms with Crippen molar-refractivity contribution < 1.29 is 19.1 Å². The molecule has 5 heteroatoms. The third kappa shape index (κ3) is 13.3. The molecule has 1 amide bonds. The van der Waals surface area contributed by atoms with Gasteiger partial charge in [-0.15, -0.1) is 0 Å². The first kappa shape index (κ1) is 18.1. The summed E-state index contributed by atoms with van der Waals surface area (Å²) in [5, 5.41) is 2.73. The predicted molar refractivity (Wildman–Crippen MR) is 74.1 cm³/mol. The second-order valence-electron chi connectivity index (χ2n) is 4.32. The van der Waals surface area contributed by atoms with E-state index in [0.29, 0.717) is 58.0 Å². The quantitative estimate of drug-likeness (QED) is 0.519. The van der Waals surface area contributed by atoms with E-state index in [0.717, 1.165) is 12.8 Å². The Morgan fingerprint density at radius 1 is 0.947 bits per heavy atom. The summed E-state index contributed by atoms with van der Waals surface area (Å²) < 4.78 is 10.6. The molecule has 0 aliphatic rings. The minimum Gasteiger partial charge on any atom is -0.379 e. The Bertz CT molecular complexity index is 244. The van der Waals surface area contributed by atoms with Gasteiger partial charge in [0.15, 0.2) is 0 Å². The molecule has 0 radical (unpaired) electrons. The molecule has 0 aromatic carbocycles. The summed E-state index contributed by atoms with van der Waals surface area (Å²) in [5.41, 5.74) is 0. The van der Waals surface area contributed by atoms with Crippen LogP contribution in [0, 0.1) is 0 Å². The van der Waals surface area contributed by atoms with E-state index in [4.69, 9.17) is 9.47 Å². The molecular weight excluding hydrogens is 246 g/mol. The molecule has 0 aliphatic heterocycles. The van der Waals surface area contributed by atoms with E-state index in [2.05, 4.69) is 5.32 Å². The van der Waals surface area contributed by atoms with E-state index in [1.807, 2.05) is 13.8 Å². The minimum absolute atomic E-state index is 0.0385. The zero-order valence-corrected chi connectivity index (χ0v) is 12.2. The van der Waals surface area contributed by atoms with E-state index < -0.39 is 0 Å². The van der Waals surface area contributed by atoms with Crippen molar-refractivity contribution >= 4 is 11.7 Å². The maximum absolute atomic E-state index is 11.2. The Hall–Kier alpha value is -0.940. The molecule has 112 valence electrons. The van der Waals surface area contributed by atoms with Gasteiger partial charge < -0.3 is 14.8 Å². The lowest BCUT2D eigenvalue weighted by Gasteiger charge is -2.06. The molecule has 1 N–H and O–H groups in total. The summed E-state index contributed by atoms with van der Waals surface area (Å²) in [4.78, 5) is 22.1. The molecule has 0 bridgehead atoms. The van der Waals surface area contributed by atoms with Crippen LogP contribution < -0.4 is 5.32 Å². The number of ketones is 1. The highest BCUT2D eigenvalue weighted by atomic mass is 16.5. The maximum atomic E-state index is 11.2. The van der Waals surface area contributed by atoms with Crippen LogP contribution in [0.2, 0.25) is 0 Å². The van der Waals surface area contributed by atoms with Gasteiger partial charge in [0.05, 0.1) is 19.8 Å². The summed E-state index contributed by atoms with van der Waals surface area (Å²) in [6.07, 6.45) is 3.48. The van der Waals surface area contributed by atoms with Crippen molar-refractivity contribution in [2.24, 2.45) is 0 Å². The van der Waals surface area contributed by atoms with E-state index >= 15 is 0 Å². The van der Waals surface area contributed by atoms with Gasteiger partial charge in [-0.05, 0) is 12.8 Å². The van der Waals surface area contributed by atoms with Crippen molar-refractivity contribution in [2.75, 3.05) is 33.0 Å². The van der Waals surface area contributed by atoms with Gasteiger partial charge in [0, 0.05) is 32.4 Å². The van der Waals surface area contributed by atoms with E-state index in [9.17, 15) is 9.59 Å². The summed E-state index contributed by atoms with van der Waals surface area (Å²) >= 11 is 0. The summed E-state index contributed by atoms with van der Waals surface area (Å²) in [5.74, 6) is 0.352. The standard InChI is InChI=1S/C14H27NO4/c1-3-6-13(16)7-5-9-18-11-12-19-10-8-15-14(17)4-2/h3-12H2,1-2H3,(H,15,17). The van der Waals surface area contributed by atoms with Gasteiger partial charge in [-0.25, -0.2) is 0 Å². The fourth-order valence-electron chi connectivity index (χ4n) is 1.48. The minimum atomic E-state index is 0.0385.